The van der Waals surface area contributed by atoms with Gasteiger partial charge in [0.1, 0.15) is 5.58 Å². The Balaban J connectivity index is 1.62. The number of aryl methyl sites for hydroxylation is 1. The lowest BCUT2D eigenvalue weighted by Crippen LogP contribution is -2.17. The molecule has 2 N–H and O–H groups in total. The number of sulfonamides is 1. The van der Waals surface area contributed by atoms with Gasteiger partial charge in [-0.25, -0.2) is 8.42 Å². The van der Waals surface area contributed by atoms with Crippen LogP contribution in [-0.4, -0.2) is 14.3 Å². The van der Waals surface area contributed by atoms with E-state index in [0.717, 1.165) is 6.07 Å². The Labute approximate surface area is 188 Å². The highest BCUT2D eigenvalue weighted by Crippen LogP contribution is 2.24. The van der Waals surface area contributed by atoms with E-state index in [2.05, 4.69) is 10.0 Å². The maximum Gasteiger partial charge on any atom is 0.291 e. The van der Waals surface area contributed by atoms with Gasteiger partial charge in [0.25, 0.3) is 15.9 Å². The first-order valence-electron chi connectivity index (χ1n) is 9.46. The minimum Gasteiger partial charge on any atom is -0.451 e. The van der Waals surface area contributed by atoms with Crippen LogP contribution in [0.25, 0.3) is 11.0 Å². The van der Waals surface area contributed by atoms with Gasteiger partial charge in [-0.15, -0.1) is 0 Å². The van der Waals surface area contributed by atoms with Crippen molar-refractivity contribution in [3.05, 3.63) is 99.4 Å². The predicted molar refractivity (Wildman–Crippen MR) is 124 cm³/mol. The Morgan fingerprint density at radius 3 is 2.38 bits per heavy atom. The van der Waals surface area contributed by atoms with Gasteiger partial charge in [-0.05, 0) is 61.0 Å². The molecule has 0 saturated heterocycles. The van der Waals surface area contributed by atoms with Crippen molar-refractivity contribution in [3.63, 3.8) is 0 Å². The molecule has 32 heavy (non-hydrogen) atoms. The summed E-state index contributed by atoms with van der Waals surface area (Å²) in [5, 5.41) is 3.42. The first-order valence-corrected chi connectivity index (χ1v) is 11.3. The van der Waals surface area contributed by atoms with Gasteiger partial charge < -0.3 is 9.73 Å². The molecule has 0 aliphatic rings. The number of rotatable bonds is 5. The molecule has 0 bridgehead atoms. The van der Waals surface area contributed by atoms with Gasteiger partial charge in [0.15, 0.2) is 11.2 Å². The summed E-state index contributed by atoms with van der Waals surface area (Å²) in [6, 6.07) is 18.4. The van der Waals surface area contributed by atoms with Crippen LogP contribution < -0.4 is 15.5 Å². The number of fused-ring (bicyclic) bond motifs is 1. The van der Waals surface area contributed by atoms with E-state index in [-0.39, 0.29) is 27.4 Å². The van der Waals surface area contributed by atoms with Crippen LogP contribution in [0, 0.1) is 6.92 Å². The van der Waals surface area contributed by atoms with Crippen molar-refractivity contribution in [2.24, 2.45) is 0 Å². The summed E-state index contributed by atoms with van der Waals surface area (Å²) in [6.45, 7) is 1.64. The zero-order chi connectivity index (χ0) is 22.9. The molecule has 9 heteroatoms. The summed E-state index contributed by atoms with van der Waals surface area (Å²) in [5.41, 5.74) is 0.997. The Hall–Kier alpha value is -3.62. The number of hydrogen-bond donors (Lipinski definition) is 2. The number of carbonyl (C=O) groups is 1. The van der Waals surface area contributed by atoms with Crippen LogP contribution in [-0.2, 0) is 10.0 Å². The van der Waals surface area contributed by atoms with E-state index in [1.165, 1.54) is 6.07 Å². The third-order valence-corrected chi connectivity index (χ3v) is 6.47. The van der Waals surface area contributed by atoms with E-state index < -0.39 is 15.9 Å². The monoisotopic (exact) mass is 468 g/mol. The maximum atomic E-state index is 12.9. The predicted octanol–water partition coefficient (Wildman–Crippen LogP) is 4.81. The van der Waals surface area contributed by atoms with Crippen molar-refractivity contribution in [1.29, 1.82) is 0 Å². The van der Waals surface area contributed by atoms with Crippen LogP contribution in [0.1, 0.15) is 16.1 Å². The Morgan fingerprint density at radius 1 is 0.938 bits per heavy atom. The second-order valence-electron chi connectivity index (χ2n) is 7.02. The van der Waals surface area contributed by atoms with Crippen molar-refractivity contribution in [1.82, 2.24) is 0 Å². The van der Waals surface area contributed by atoms with E-state index >= 15 is 0 Å². The van der Waals surface area contributed by atoms with E-state index in [9.17, 15) is 18.0 Å². The van der Waals surface area contributed by atoms with Gasteiger partial charge in [-0.2, -0.15) is 0 Å². The first-order chi connectivity index (χ1) is 15.2. The van der Waals surface area contributed by atoms with Crippen molar-refractivity contribution in [3.8, 4) is 0 Å². The molecule has 0 fully saturated rings. The van der Waals surface area contributed by atoms with Gasteiger partial charge in [-0.1, -0.05) is 29.8 Å². The maximum absolute atomic E-state index is 12.9. The number of benzene rings is 3. The summed E-state index contributed by atoms with van der Waals surface area (Å²) in [6.07, 6.45) is 0. The third-order valence-electron chi connectivity index (χ3n) is 4.69. The minimum atomic E-state index is -3.93. The van der Waals surface area contributed by atoms with Crippen molar-refractivity contribution < 1.29 is 17.6 Å². The van der Waals surface area contributed by atoms with Gasteiger partial charge >= 0.3 is 0 Å². The Morgan fingerprint density at radius 2 is 1.62 bits per heavy atom. The fraction of sp³-hybridized carbons (Fsp3) is 0.0435. The third kappa shape index (κ3) is 4.51. The van der Waals surface area contributed by atoms with Crippen LogP contribution >= 0.6 is 11.6 Å². The molecule has 0 aliphatic heterocycles. The van der Waals surface area contributed by atoms with Crippen molar-refractivity contribution >= 4 is 49.9 Å². The molecule has 1 aromatic heterocycles. The molecule has 3 aromatic carbocycles. The lowest BCUT2D eigenvalue weighted by Gasteiger charge is -2.13. The van der Waals surface area contributed by atoms with Gasteiger partial charge in [0, 0.05) is 22.5 Å². The number of anilines is 2. The second kappa shape index (κ2) is 8.49. The molecule has 7 nitrogen and oxygen atoms in total. The second-order valence-corrected chi connectivity index (χ2v) is 9.11. The van der Waals surface area contributed by atoms with Crippen LogP contribution in [0.5, 0.6) is 0 Å². The average molecular weight is 469 g/mol. The molecule has 1 amide bonds. The average Bonchev–Trinajstić information content (AvgIpc) is 2.76. The molecule has 0 saturated carbocycles. The van der Waals surface area contributed by atoms with E-state index in [0.29, 0.717) is 21.7 Å². The lowest BCUT2D eigenvalue weighted by atomic mass is 10.2. The van der Waals surface area contributed by atoms with Gasteiger partial charge in [0.05, 0.1) is 10.3 Å². The molecule has 162 valence electrons. The highest BCUT2D eigenvalue weighted by molar-refractivity contribution is 7.92. The van der Waals surface area contributed by atoms with Crippen LogP contribution in [0.4, 0.5) is 11.4 Å². The first kappa shape index (κ1) is 21.6. The molecule has 0 unspecified atom stereocenters. The Kier molecular flexibility index (Phi) is 5.73. The number of para-hydroxylation sites is 1. The number of nitrogens with one attached hydrogen (secondary N) is 2. The van der Waals surface area contributed by atoms with Crippen molar-refractivity contribution in [2.75, 3.05) is 10.0 Å². The van der Waals surface area contributed by atoms with Crippen LogP contribution in [0.15, 0.2) is 86.9 Å². The number of amides is 1. The van der Waals surface area contributed by atoms with Gasteiger partial charge in [0.2, 0.25) is 0 Å². The normalized spacial score (nSPS) is 11.3. The smallest absolute Gasteiger partial charge is 0.291 e. The van der Waals surface area contributed by atoms with Crippen LogP contribution in [0.3, 0.4) is 0 Å². The highest BCUT2D eigenvalue weighted by Gasteiger charge is 2.19. The molecule has 1 heterocycles. The van der Waals surface area contributed by atoms with E-state index in [1.807, 2.05) is 0 Å². The molecular weight excluding hydrogens is 452 g/mol. The molecule has 0 atom stereocenters. The fourth-order valence-corrected chi connectivity index (χ4v) is 4.56. The molecule has 0 aliphatic carbocycles. The molecule has 0 spiro atoms. The molecular formula is C23H17ClN2O5S. The largest absolute Gasteiger partial charge is 0.451 e. The summed E-state index contributed by atoms with van der Waals surface area (Å²) in [5.74, 6) is -0.858. The van der Waals surface area contributed by atoms with Gasteiger partial charge in [-0.3, -0.25) is 14.3 Å². The molecule has 0 radical (unpaired) electrons. The zero-order valence-electron chi connectivity index (χ0n) is 16.8. The lowest BCUT2D eigenvalue weighted by molar-refractivity contribution is 0.0997. The topological polar surface area (TPSA) is 105 Å². The zero-order valence-corrected chi connectivity index (χ0v) is 18.3. The van der Waals surface area contributed by atoms with Crippen molar-refractivity contribution in [2.45, 2.75) is 11.8 Å². The summed E-state index contributed by atoms with van der Waals surface area (Å²) < 4.78 is 33.8. The SMILES string of the molecule is Cc1ccc(NC(=O)c2cc(=O)c3ccccc3o2)cc1S(=O)(=O)Nc1ccc(Cl)cc1. The standard InChI is InChI=1S/C23H17ClN2O5S/c1-14-6-9-17(12-22(14)32(29,30)26-16-10-7-15(24)8-11-16)25-23(28)21-13-19(27)18-4-2-3-5-20(18)31-21/h2-13,26H,1H3,(H,25,28). The summed E-state index contributed by atoms with van der Waals surface area (Å²) >= 11 is 5.84. The Bertz CT molecular complexity index is 1500. The highest BCUT2D eigenvalue weighted by atomic mass is 35.5. The minimum absolute atomic E-state index is 0.00906. The number of carbonyl (C=O) groups excluding carboxylic acids is 1. The van der Waals surface area contributed by atoms with E-state index in [4.69, 9.17) is 16.0 Å². The molecule has 4 aromatic rings. The van der Waals surface area contributed by atoms with Crippen LogP contribution in [0.2, 0.25) is 5.02 Å². The number of halogens is 1. The van der Waals surface area contributed by atoms with E-state index in [1.54, 1.807) is 67.6 Å². The fourth-order valence-electron chi connectivity index (χ4n) is 3.10. The summed E-state index contributed by atoms with van der Waals surface area (Å²) in [7, 11) is -3.93. The quantitative estimate of drug-likeness (QED) is 0.437. The number of hydrogen-bond acceptors (Lipinski definition) is 5. The molecule has 4 rings (SSSR count). The summed E-state index contributed by atoms with van der Waals surface area (Å²) in [4.78, 5) is 24.9.